The molecule has 2 aromatic rings. The van der Waals surface area contributed by atoms with Gasteiger partial charge in [0.15, 0.2) is 5.11 Å². The van der Waals surface area contributed by atoms with E-state index in [0.717, 1.165) is 29.2 Å². The van der Waals surface area contributed by atoms with Crippen molar-refractivity contribution in [3.05, 3.63) is 64.7 Å². The molecule has 0 amide bonds. The second kappa shape index (κ2) is 9.02. The average molecular weight is 363 g/mol. The van der Waals surface area contributed by atoms with Crippen molar-refractivity contribution in [1.82, 2.24) is 5.32 Å². The highest BCUT2D eigenvalue weighted by Crippen LogP contribution is 2.22. The average Bonchev–Trinajstić information content (AvgIpc) is 2.56. The molecule has 0 aliphatic rings. The van der Waals surface area contributed by atoms with Crippen LogP contribution in [0.4, 0.5) is 5.69 Å². The lowest BCUT2D eigenvalue weighted by Gasteiger charge is -2.23. The van der Waals surface area contributed by atoms with Gasteiger partial charge in [0.2, 0.25) is 0 Å². The molecule has 5 heteroatoms. The van der Waals surface area contributed by atoms with Gasteiger partial charge < -0.3 is 15.5 Å². The molecule has 0 aliphatic heterocycles. The molecule has 3 N–H and O–H groups in total. The maximum atomic E-state index is 6.15. The first-order valence-electron chi connectivity index (χ1n) is 8.11. The summed E-state index contributed by atoms with van der Waals surface area (Å²) in [4.78, 5) is 1.40. The smallest absolute Gasteiger partial charge is 0.171 e. The SMILES string of the molecule is Cc1c(Cl)cccc1NC(=S)NC[C@H](Cc1ccccc1)[NH+](C)C. The molecule has 0 saturated carbocycles. The van der Waals surface area contributed by atoms with Crippen molar-refractivity contribution < 1.29 is 4.90 Å². The molecule has 0 fully saturated rings. The Hall–Kier alpha value is -1.62. The number of hydrogen-bond acceptors (Lipinski definition) is 1. The molecular weight excluding hydrogens is 338 g/mol. The van der Waals surface area contributed by atoms with Crippen molar-refractivity contribution >= 4 is 34.6 Å². The Bertz CT molecular complexity index is 674. The van der Waals surface area contributed by atoms with Gasteiger partial charge in [0.1, 0.15) is 6.04 Å². The molecule has 1 atom stereocenters. The van der Waals surface area contributed by atoms with Crippen LogP contribution in [-0.2, 0) is 6.42 Å². The number of likely N-dealkylation sites (N-methyl/N-ethyl adjacent to an activating group) is 1. The molecule has 24 heavy (non-hydrogen) atoms. The van der Waals surface area contributed by atoms with Crippen LogP contribution in [0.2, 0.25) is 5.02 Å². The van der Waals surface area contributed by atoms with Gasteiger partial charge in [-0.25, -0.2) is 0 Å². The third kappa shape index (κ3) is 5.48. The standard InChI is InChI=1S/C19H24ClN3S/c1-14-17(20)10-7-11-18(14)22-19(24)21-13-16(23(2)3)12-15-8-5-4-6-9-15/h4-11,16H,12-13H2,1-3H3,(H2,21,22,24)/p+1/t16-/m0/s1. The summed E-state index contributed by atoms with van der Waals surface area (Å²) in [7, 11) is 4.35. The highest BCUT2D eigenvalue weighted by molar-refractivity contribution is 7.80. The summed E-state index contributed by atoms with van der Waals surface area (Å²) in [6, 6.07) is 16.8. The Morgan fingerprint density at radius 3 is 2.50 bits per heavy atom. The Morgan fingerprint density at radius 2 is 1.83 bits per heavy atom. The zero-order chi connectivity index (χ0) is 17.5. The third-order valence-corrected chi connectivity index (χ3v) is 4.82. The molecule has 2 aromatic carbocycles. The lowest BCUT2D eigenvalue weighted by Crippen LogP contribution is -3.11. The van der Waals surface area contributed by atoms with Gasteiger partial charge >= 0.3 is 0 Å². The summed E-state index contributed by atoms with van der Waals surface area (Å²) in [5.74, 6) is 0. The zero-order valence-electron chi connectivity index (χ0n) is 14.4. The summed E-state index contributed by atoms with van der Waals surface area (Å²) in [6.45, 7) is 2.79. The minimum atomic E-state index is 0.438. The second-order valence-electron chi connectivity index (χ2n) is 6.21. The summed E-state index contributed by atoms with van der Waals surface area (Å²) >= 11 is 11.6. The van der Waals surface area contributed by atoms with E-state index >= 15 is 0 Å². The lowest BCUT2D eigenvalue weighted by molar-refractivity contribution is -0.884. The van der Waals surface area contributed by atoms with E-state index in [1.807, 2.05) is 31.2 Å². The number of rotatable bonds is 6. The van der Waals surface area contributed by atoms with Crippen molar-refractivity contribution in [3.63, 3.8) is 0 Å². The first-order valence-corrected chi connectivity index (χ1v) is 8.90. The maximum Gasteiger partial charge on any atom is 0.171 e. The Morgan fingerprint density at radius 1 is 1.12 bits per heavy atom. The van der Waals surface area contributed by atoms with Gasteiger partial charge in [0, 0.05) is 17.1 Å². The molecule has 0 unspecified atom stereocenters. The van der Waals surface area contributed by atoms with E-state index < -0.39 is 0 Å². The van der Waals surface area contributed by atoms with Crippen molar-refractivity contribution in [2.45, 2.75) is 19.4 Å². The molecule has 0 aliphatic carbocycles. The molecule has 0 bridgehead atoms. The van der Waals surface area contributed by atoms with Crippen molar-refractivity contribution in [2.24, 2.45) is 0 Å². The van der Waals surface area contributed by atoms with Crippen LogP contribution in [0, 0.1) is 6.92 Å². The van der Waals surface area contributed by atoms with Crippen molar-refractivity contribution in [2.75, 3.05) is 26.0 Å². The predicted octanol–water partition coefficient (Wildman–Crippen LogP) is 2.69. The van der Waals surface area contributed by atoms with Gasteiger partial charge in [-0.15, -0.1) is 0 Å². The zero-order valence-corrected chi connectivity index (χ0v) is 16.0. The number of hydrogen-bond donors (Lipinski definition) is 3. The van der Waals surface area contributed by atoms with Crippen LogP contribution in [-0.4, -0.2) is 31.8 Å². The van der Waals surface area contributed by atoms with E-state index in [4.69, 9.17) is 23.8 Å². The van der Waals surface area contributed by atoms with Crippen LogP contribution in [0.3, 0.4) is 0 Å². The largest absolute Gasteiger partial charge is 0.356 e. The van der Waals surface area contributed by atoms with Gasteiger partial charge in [0.05, 0.1) is 20.6 Å². The van der Waals surface area contributed by atoms with E-state index in [9.17, 15) is 0 Å². The molecule has 0 spiro atoms. The van der Waals surface area contributed by atoms with Crippen LogP contribution in [0.5, 0.6) is 0 Å². The van der Waals surface area contributed by atoms with E-state index in [1.54, 1.807) is 0 Å². The fourth-order valence-corrected chi connectivity index (χ4v) is 2.87. The quantitative estimate of drug-likeness (QED) is 0.690. The molecule has 0 saturated heterocycles. The van der Waals surface area contributed by atoms with Crippen LogP contribution in [0.1, 0.15) is 11.1 Å². The topological polar surface area (TPSA) is 28.5 Å². The van der Waals surface area contributed by atoms with Crippen LogP contribution in [0.25, 0.3) is 0 Å². The van der Waals surface area contributed by atoms with E-state index in [-0.39, 0.29) is 0 Å². The highest BCUT2D eigenvalue weighted by atomic mass is 35.5. The molecule has 0 aromatic heterocycles. The van der Waals surface area contributed by atoms with E-state index in [0.29, 0.717) is 11.2 Å². The number of quaternary nitrogens is 1. The van der Waals surface area contributed by atoms with Crippen molar-refractivity contribution in [3.8, 4) is 0 Å². The highest BCUT2D eigenvalue weighted by Gasteiger charge is 2.16. The van der Waals surface area contributed by atoms with Crippen LogP contribution < -0.4 is 15.5 Å². The van der Waals surface area contributed by atoms with Gasteiger partial charge in [-0.05, 0) is 42.4 Å². The Labute approximate surface area is 155 Å². The van der Waals surface area contributed by atoms with Gasteiger partial charge in [-0.2, -0.15) is 0 Å². The van der Waals surface area contributed by atoms with Crippen LogP contribution >= 0.6 is 23.8 Å². The monoisotopic (exact) mass is 362 g/mol. The number of anilines is 1. The number of nitrogens with one attached hydrogen (secondary N) is 3. The number of halogens is 1. The normalized spacial score (nSPS) is 12.0. The first kappa shape index (κ1) is 18.7. The van der Waals surface area contributed by atoms with Gasteiger partial charge in [-0.3, -0.25) is 0 Å². The molecule has 3 nitrogen and oxygen atoms in total. The summed E-state index contributed by atoms with van der Waals surface area (Å²) in [5, 5.41) is 7.93. The van der Waals surface area contributed by atoms with E-state index in [2.05, 4.69) is 49.0 Å². The van der Waals surface area contributed by atoms with Crippen molar-refractivity contribution in [1.29, 1.82) is 0 Å². The fraction of sp³-hybridized carbons (Fsp3) is 0.316. The lowest BCUT2D eigenvalue weighted by atomic mass is 10.1. The fourth-order valence-electron chi connectivity index (χ4n) is 2.50. The second-order valence-corrected chi connectivity index (χ2v) is 7.03. The Kier molecular flexibility index (Phi) is 7.03. The summed E-state index contributed by atoms with van der Waals surface area (Å²) in [5.41, 5.74) is 3.29. The Balaban J connectivity index is 1.91. The van der Waals surface area contributed by atoms with Gasteiger partial charge in [0.25, 0.3) is 0 Å². The maximum absolute atomic E-state index is 6.15. The predicted molar refractivity (Wildman–Crippen MR) is 107 cm³/mol. The molecule has 0 radical (unpaired) electrons. The number of benzene rings is 2. The van der Waals surface area contributed by atoms with Gasteiger partial charge in [-0.1, -0.05) is 48.0 Å². The number of thiocarbonyl (C=S) groups is 1. The summed E-state index contributed by atoms with van der Waals surface area (Å²) < 4.78 is 0. The van der Waals surface area contributed by atoms with Crippen LogP contribution in [0.15, 0.2) is 48.5 Å². The molecule has 0 heterocycles. The summed E-state index contributed by atoms with van der Waals surface area (Å²) in [6.07, 6.45) is 1.01. The first-order chi connectivity index (χ1) is 11.5. The molecule has 128 valence electrons. The molecule has 2 rings (SSSR count). The minimum Gasteiger partial charge on any atom is -0.356 e. The molecular formula is C19H25ClN3S+. The third-order valence-electron chi connectivity index (χ3n) is 4.17. The minimum absolute atomic E-state index is 0.438. The van der Waals surface area contributed by atoms with E-state index in [1.165, 1.54) is 10.5 Å².